The lowest BCUT2D eigenvalue weighted by Gasteiger charge is -2.35. The Bertz CT molecular complexity index is 875. The first-order chi connectivity index (χ1) is 15.0. The molecule has 1 amide bonds. The molecule has 0 radical (unpaired) electrons. The second kappa shape index (κ2) is 10.7. The Hall–Kier alpha value is -2.50. The topological polar surface area (TPSA) is 114 Å². The Labute approximate surface area is 185 Å². The second-order valence-corrected chi connectivity index (χ2v) is 8.44. The zero-order valence-corrected chi connectivity index (χ0v) is 18.7. The Morgan fingerprint density at radius 2 is 2.00 bits per heavy atom. The van der Waals surface area contributed by atoms with Gasteiger partial charge in [-0.15, -0.1) is 0 Å². The summed E-state index contributed by atoms with van der Waals surface area (Å²) >= 11 is 1.53. The van der Waals surface area contributed by atoms with E-state index in [9.17, 15) is 4.79 Å². The SMILES string of the molecule is CSc1ncc(-c2nccn2[C@@H]2C[C@H]3CO[C@@H](CC(=O)N(C)C)CN3C2)cn1.O=CO. The molecule has 0 unspecified atom stereocenters. The molecule has 0 aromatic carbocycles. The van der Waals surface area contributed by atoms with Gasteiger partial charge in [0.2, 0.25) is 5.91 Å². The second-order valence-electron chi connectivity index (χ2n) is 7.67. The van der Waals surface area contributed by atoms with Crippen LogP contribution in [0.15, 0.2) is 29.9 Å². The molecule has 2 aromatic heterocycles. The van der Waals surface area contributed by atoms with Gasteiger partial charge in [-0.2, -0.15) is 0 Å². The van der Waals surface area contributed by atoms with Crippen LogP contribution in [0.2, 0.25) is 0 Å². The molecule has 31 heavy (non-hydrogen) atoms. The molecule has 1 N–H and O–H groups in total. The Morgan fingerprint density at radius 1 is 1.29 bits per heavy atom. The van der Waals surface area contributed by atoms with Gasteiger partial charge in [0.25, 0.3) is 6.47 Å². The summed E-state index contributed by atoms with van der Waals surface area (Å²) < 4.78 is 8.21. The largest absolute Gasteiger partial charge is 0.483 e. The van der Waals surface area contributed by atoms with E-state index in [1.165, 1.54) is 11.8 Å². The number of thioether (sulfide) groups is 1. The number of aromatic nitrogens is 4. The Kier molecular flexibility index (Phi) is 7.99. The maximum absolute atomic E-state index is 12.0. The molecule has 4 heterocycles. The van der Waals surface area contributed by atoms with Crippen molar-refractivity contribution in [2.45, 2.75) is 36.2 Å². The van der Waals surface area contributed by atoms with E-state index in [2.05, 4.69) is 24.4 Å². The van der Waals surface area contributed by atoms with Gasteiger partial charge in [0.1, 0.15) is 5.82 Å². The van der Waals surface area contributed by atoms with Gasteiger partial charge in [0, 0.05) is 64.1 Å². The van der Waals surface area contributed by atoms with Crippen molar-refractivity contribution in [2.75, 3.05) is 40.0 Å². The third-order valence-corrected chi connectivity index (χ3v) is 6.08. The molecule has 0 aliphatic carbocycles. The van der Waals surface area contributed by atoms with E-state index in [1.54, 1.807) is 19.0 Å². The van der Waals surface area contributed by atoms with E-state index >= 15 is 0 Å². The molecule has 2 aliphatic heterocycles. The quantitative estimate of drug-likeness (QED) is 0.410. The smallest absolute Gasteiger partial charge is 0.290 e. The highest BCUT2D eigenvalue weighted by Gasteiger charge is 2.39. The van der Waals surface area contributed by atoms with E-state index in [-0.39, 0.29) is 18.5 Å². The van der Waals surface area contributed by atoms with Crippen molar-refractivity contribution in [3.8, 4) is 11.4 Å². The molecular weight excluding hydrogens is 420 g/mol. The van der Waals surface area contributed by atoms with Gasteiger partial charge >= 0.3 is 0 Å². The molecule has 0 saturated carbocycles. The minimum absolute atomic E-state index is 0.0281. The first-order valence-electron chi connectivity index (χ1n) is 9.99. The number of imidazole rings is 1. The van der Waals surface area contributed by atoms with Crippen LogP contribution in [-0.2, 0) is 14.3 Å². The molecule has 0 spiro atoms. The average molecular weight is 449 g/mol. The van der Waals surface area contributed by atoms with Crippen molar-refractivity contribution in [3.63, 3.8) is 0 Å². The van der Waals surface area contributed by atoms with E-state index < -0.39 is 0 Å². The fraction of sp³-hybridized carbons (Fsp3) is 0.550. The standard InChI is InChI=1S/C19H26N6O2S.CH2O2/c1-23(2)17(26)7-16-11-24-10-14(6-15(24)12-27-16)25-5-4-20-18(25)13-8-21-19(28-3)22-9-13;2-1-3/h4-5,8-9,14-16H,6-7,10-12H2,1-3H3;1H,(H,2,3)/t14-,15+,16+;/m1./s1. The number of fused-ring (bicyclic) bond motifs is 1. The normalized spacial score (nSPS) is 22.9. The van der Waals surface area contributed by atoms with Crippen LogP contribution in [0.1, 0.15) is 18.9 Å². The number of nitrogens with zero attached hydrogens (tertiary/aromatic N) is 6. The minimum Gasteiger partial charge on any atom is -0.483 e. The molecule has 2 saturated heterocycles. The van der Waals surface area contributed by atoms with Gasteiger partial charge in [-0.1, -0.05) is 11.8 Å². The highest BCUT2D eigenvalue weighted by Crippen LogP contribution is 2.33. The van der Waals surface area contributed by atoms with Crippen LogP contribution in [0, 0.1) is 0 Å². The predicted molar refractivity (Wildman–Crippen MR) is 116 cm³/mol. The lowest BCUT2D eigenvalue weighted by atomic mass is 10.1. The fourth-order valence-corrected chi connectivity index (χ4v) is 4.30. The van der Waals surface area contributed by atoms with Gasteiger partial charge in [-0.25, -0.2) is 15.0 Å². The number of carbonyl (C=O) groups excluding carboxylic acids is 1. The number of hydrogen-bond donors (Lipinski definition) is 1. The molecule has 168 valence electrons. The zero-order chi connectivity index (χ0) is 22.4. The first kappa shape index (κ1) is 23.2. The number of ether oxygens (including phenoxy) is 1. The molecule has 10 nitrogen and oxygen atoms in total. The molecule has 2 fully saturated rings. The van der Waals surface area contributed by atoms with Crippen LogP contribution in [0.25, 0.3) is 11.4 Å². The average Bonchev–Trinajstić information content (AvgIpc) is 3.41. The summed E-state index contributed by atoms with van der Waals surface area (Å²) in [6.45, 7) is 2.17. The first-order valence-corrected chi connectivity index (χ1v) is 11.2. The number of carboxylic acid groups (broad SMARTS) is 1. The van der Waals surface area contributed by atoms with E-state index in [0.29, 0.717) is 25.1 Å². The van der Waals surface area contributed by atoms with Crippen LogP contribution in [-0.4, -0.2) is 99.0 Å². The van der Waals surface area contributed by atoms with Gasteiger partial charge in [0.05, 0.1) is 24.7 Å². The molecule has 3 atom stereocenters. The highest BCUT2D eigenvalue weighted by atomic mass is 32.2. The summed E-state index contributed by atoms with van der Waals surface area (Å²) in [5.41, 5.74) is 0.929. The van der Waals surface area contributed by atoms with Crippen molar-refractivity contribution in [1.82, 2.24) is 29.3 Å². The minimum atomic E-state index is -0.250. The molecule has 4 rings (SSSR count). The number of rotatable bonds is 5. The van der Waals surface area contributed by atoms with Crippen molar-refractivity contribution >= 4 is 24.1 Å². The zero-order valence-electron chi connectivity index (χ0n) is 17.9. The molecular formula is C20H28N6O4S. The summed E-state index contributed by atoms with van der Waals surface area (Å²) in [6, 6.07) is 0.718. The maximum Gasteiger partial charge on any atom is 0.290 e. The van der Waals surface area contributed by atoms with Crippen LogP contribution >= 0.6 is 11.8 Å². The number of hydrogen-bond acceptors (Lipinski definition) is 8. The maximum atomic E-state index is 12.0. The van der Waals surface area contributed by atoms with E-state index in [0.717, 1.165) is 36.1 Å². The Balaban J connectivity index is 0.000000858. The Morgan fingerprint density at radius 3 is 2.65 bits per heavy atom. The van der Waals surface area contributed by atoms with Crippen LogP contribution < -0.4 is 0 Å². The van der Waals surface area contributed by atoms with Gasteiger partial charge < -0.3 is 19.3 Å². The van der Waals surface area contributed by atoms with Crippen LogP contribution in [0.3, 0.4) is 0 Å². The summed E-state index contributed by atoms with van der Waals surface area (Å²) in [5.74, 6) is 1.02. The molecule has 2 aromatic rings. The summed E-state index contributed by atoms with van der Waals surface area (Å²) in [4.78, 5) is 37.8. The van der Waals surface area contributed by atoms with Crippen molar-refractivity contribution < 1.29 is 19.4 Å². The molecule has 0 bridgehead atoms. The highest BCUT2D eigenvalue weighted by molar-refractivity contribution is 7.98. The van der Waals surface area contributed by atoms with Crippen molar-refractivity contribution in [2.24, 2.45) is 0 Å². The lowest BCUT2D eigenvalue weighted by molar-refractivity contribution is -0.134. The summed E-state index contributed by atoms with van der Waals surface area (Å²) in [5, 5.41) is 7.65. The molecule has 11 heteroatoms. The number of carbonyl (C=O) groups is 2. The molecule has 2 aliphatic rings. The predicted octanol–water partition coefficient (Wildman–Crippen LogP) is 1.26. The van der Waals surface area contributed by atoms with Gasteiger partial charge in [-0.3, -0.25) is 14.5 Å². The van der Waals surface area contributed by atoms with E-state index in [1.807, 2.05) is 31.0 Å². The fourth-order valence-electron chi connectivity index (χ4n) is 3.99. The van der Waals surface area contributed by atoms with Crippen LogP contribution in [0.4, 0.5) is 0 Å². The summed E-state index contributed by atoms with van der Waals surface area (Å²) in [7, 11) is 3.58. The number of amides is 1. The van der Waals surface area contributed by atoms with Gasteiger partial charge in [0.15, 0.2) is 5.16 Å². The van der Waals surface area contributed by atoms with Crippen molar-refractivity contribution in [1.29, 1.82) is 0 Å². The third kappa shape index (κ3) is 5.60. The lowest BCUT2D eigenvalue weighted by Crippen LogP contribution is -2.47. The number of morpholine rings is 1. The monoisotopic (exact) mass is 448 g/mol. The summed E-state index contributed by atoms with van der Waals surface area (Å²) in [6.07, 6.45) is 10.9. The van der Waals surface area contributed by atoms with Gasteiger partial charge in [-0.05, 0) is 12.7 Å². The van der Waals surface area contributed by atoms with Crippen LogP contribution in [0.5, 0.6) is 0 Å². The van der Waals surface area contributed by atoms with Crippen molar-refractivity contribution in [3.05, 3.63) is 24.8 Å². The van der Waals surface area contributed by atoms with E-state index in [4.69, 9.17) is 14.6 Å². The third-order valence-electron chi connectivity index (χ3n) is 5.50.